The molecule has 0 radical (unpaired) electrons. The molecule has 0 aromatic carbocycles. The molecule has 0 spiro atoms. The summed E-state index contributed by atoms with van der Waals surface area (Å²) in [5.74, 6) is 2.02. The SMILES string of the molecule is CC(C)NCc1cccc(N2CCn3cnnc3C2)n1. The van der Waals surface area contributed by atoms with Crippen LogP contribution in [0.3, 0.4) is 0 Å². The third-order valence-corrected chi connectivity index (χ3v) is 3.45. The first-order valence-electron chi connectivity index (χ1n) is 7.03. The largest absolute Gasteiger partial charge is 0.347 e. The van der Waals surface area contributed by atoms with Crippen LogP contribution in [0.2, 0.25) is 0 Å². The van der Waals surface area contributed by atoms with Gasteiger partial charge in [0.1, 0.15) is 12.1 Å². The van der Waals surface area contributed by atoms with Crippen molar-refractivity contribution >= 4 is 5.82 Å². The second-order valence-electron chi connectivity index (χ2n) is 5.38. The van der Waals surface area contributed by atoms with Crippen LogP contribution >= 0.6 is 0 Å². The number of aromatic nitrogens is 4. The van der Waals surface area contributed by atoms with E-state index >= 15 is 0 Å². The molecule has 2 aromatic rings. The number of fused-ring (bicyclic) bond motifs is 1. The topological polar surface area (TPSA) is 58.9 Å². The molecule has 6 nitrogen and oxygen atoms in total. The minimum Gasteiger partial charge on any atom is -0.347 e. The smallest absolute Gasteiger partial charge is 0.152 e. The second kappa shape index (κ2) is 5.58. The number of pyridine rings is 1. The lowest BCUT2D eigenvalue weighted by Crippen LogP contribution is -2.34. The van der Waals surface area contributed by atoms with Gasteiger partial charge in [0.25, 0.3) is 0 Å². The summed E-state index contributed by atoms with van der Waals surface area (Å²) in [5, 5.41) is 11.5. The molecule has 6 heteroatoms. The molecule has 0 fully saturated rings. The maximum Gasteiger partial charge on any atom is 0.152 e. The Labute approximate surface area is 118 Å². The van der Waals surface area contributed by atoms with Gasteiger partial charge in [0, 0.05) is 25.7 Å². The maximum atomic E-state index is 4.73. The molecule has 3 heterocycles. The van der Waals surface area contributed by atoms with Crippen molar-refractivity contribution in [3.05, 3.63) is 36.0 Å². The van der Waals surface area contributed by atoms with Gasteiger partial charge in [-0.25, -0.2) is 4.98 Å². The van der Waals surface area contributed by atoms with Crippen molar-refractivity contribution in [3.63, 3.8) is 0 Å². The van der Waals surface area contributed by atoms with Gasteiger partial charge in [-0.1, -0.05) is 19.9 Å². The molecule has 0 atom stereocenters. The van der Waals surface area contributed by atoms with E-state index in [1.165, 1.54) is 0 Å². The van der Waals surface area contributed by atoms with Crippen LogP contribution in [-0.2, 0) is 19.6 Å². The lowest BCUT2D eigenvalue weighted by molar-refractivity contribution is 0.552. The van der Waals surface area contributed by atoms with Crippen molar-refractivity contribution in [1.29, 1.82) is 0 Å². The molecule has 0 amide bonds. The predicted octanol–water partition coefficient (Wildman–Crippen LogP) is 1.19. The van der Waals surface area contributed by atoms with E-state index in [1.807, 2.05) is 0 Å². The Kier molecular flexibility index (Phi) is 3.64. The van der Waals surface area contributed by atoms with Crippen LogP contribution in [0.5, 0.6) is 0 Å². The maximum absolute atomic E-state index is 4.73. The zero-order chi connectivity index (χ0) is 13.9. The fraction of sp³-hybridized carbons (Fsp3) is 0.500. The van der Waals surface area contributed by atoms with E-state index < -0.39 is 0 Å². The Bertz CT molecular complexity index is 577. The molecule has 20 heavy (non-hydrogen) atoms. The van der Waals surface area contributed by atoms with E-state index in [1.54, 1.807) is 6.33 Å². The van der Waals surface area contributed by atoms with Crippen molar-refractivity contribution in [1.82, 2.24) is 25.1 Å². The summed E-state index contributed by atoms with van der Waals surface area (Å²) in [6, 6.07) is 6.66. The van der Waals surface area contributed by atoms with Gasteiger partial charge >= 0.3 is 0 Å². The third-order valence-electron chi connectivity index (χ3n) is 3.45. The van der Waals surface area contributed by atoms with Gasteiger partial charge in [0.05, 0.1) is 12.2 Å². The normalized spacial score (nSPS) is 14.7. The van der Waals surface area contributed by atoms with Crippen molar-refractivity contribution in [2.75, 3.05) is 11.4 Å². The molecule has 0 saturated heterocycles. The number of anilines is 1. The van der Waals surface area contributed by atoms with Crippen LogP contribution < -0.4 is 10.2 Å². The Morgan fingerprint density at radius 2 is 2.20 bits per heavy atom. The lowest BCUT2D eigenvalue weighted by atomic mass is 10.3. The number of hydrogen-bond acceptors (Lipinski definition) is 5. The molecule has 1 aliphatic rings. The standard InChI is InChI=1S/C14H20N6/c1-11(2)15-8-12-4-3-5-13(17-12)19-6-7-20-10-16-18-14(20)9-19/h3-5,10-11,15H,6-9H2,1-2H3. The first-order chi connectivity index (χ1) is 9.72. The van der Waals surface area contributed by atoms with Crippen molar-refractivity contribution in [2.45, 2.75) is 39.5 Å². The lowest BCUT2D eigenvalue weighted by Gasteiger charge is -2.28. The van der Waals surface area contributed by atoms with E-state index in [0.29, 0.717) is 6.04 Å². The van der Waals surface area contributed by atoms with Crippen molar-refractivity contribution in [2.24, 2.45) is 0 Å². The average molecular weight is 272 g/mol. The van der Waals surface area contributed by atoms with Gasteiger partial charge in [0.2, 0.25) is 0 Å². The zero-order valence-corrected chi connectivity index (χ0v) is 12.0. The number of rotatable bonds is 4. The third kappa shape index (κ3) is 2.80. The summed E-state index contributed by atoms with van der Waals surface area (Å²) >= 11 is 0. The van der Waals surface area contributed by atoms with Crippen molar-refractivity contribution in [3.8, 4) is 0 Å². The second-order valence-corrected chi connectivity index (χ2v) is 5.38. The Morgan fingerprint density at radius 3 is 3.05 bits per heavy atom. The summed E-state index contributed by atoms with van der Waals surface area (Å²) in [7, 11) is 0. The Balaban J connectivity index is 1.73. The van der Waals surface area contributed by atoms with Crippen LogP contribution in [0, 0.1) is 0 Å². The minimum atomic E-state index is 0.467. The quantitative estimate of drug-likeness (QED) is 0.906. The highest BCUT2D eigenvalue weighted by molar-refractivity contribution is 5.40. The van der Waals surface area contributed by atoms with Crippen LogP contribution in [0.1, 0.15) is 25.4 Å². The van der Waals surface area contributed by atoms with Gasteiger partial charge < -0.3 is 14.8 Å². The predicted molar refractivity (Wildman–Crippen MR) is 77.3 cm³/mol. The number of hydrogen-bond donors (Lipinski definition) is 1. The van der Waals surface area contributed by atoms with E-state index in [-0.39, 0.29) is 0 Å². The fourth-order valence-electron chi connectivity index (χ4n) is 2.31. The van der Waals surface area contributed by atoms with Gasteiger partial charge in [-0.05, 0) is 12.1 Å². The van der Waals surface area contributed by atoms with Crippen LogP contribution in [0.25, 0.3) is 0 Å². The summed E-state index contributed by atoms with van der Waals surface area (Å²) in [4.78, 5) is 6.98. The molecule has 0 bridgehead atoms. The first kappa shape index (κ1) is 13.1. The molecule has 1 N–H and O–H groups in total. The molecule has 0 unspecified atom stereocenters. The summed E-state index contributed by atoms with van der Waals surface area (Å²) in [5.41, 5.74) is 1.07. The van der Waals surface area contributed by atoms with Crippen LogP contribution in [-0.4, -0.2) is 32.3 Å². The van der Waals surface area contributed by atoms with Crippen molar-refractivity contribution < 1.29 is 0 Å². The molecule has 0 aliphatic carbocycles. The Hall–Kier alpha value is -1.95. The molecule has 2 aromatic heterocycles. The average Bonchev–Trinajstić information content (AvgIpc) is 2.93. The van der Waals surface area contributed by atoms with E-state index in [4.69, 9.17) is 4.98 Å². The highest BCUT2D eigenvalue weighted by Crippen LogP contribution is 2.17. The van der Waals surface area contributed by atoms with Crippen LogP contribution in [0.4, 0.5) is 5.82 Å². The Morgan fingerprint density at radius 1 is 1.30 bits per heavy atom. The number of nitrogens with one attached hydrogen (secondary N) is 1. The molecular weight excluding hydrogens is 252 g/mol. The van der Waals surface area contributed by atoms with Gasteiger partial charge in [-0.2, -0.15) is 0 Å². The first-order valence-corrected chi connectivity index (χ1v) is 7.03. The summed E-state index contributed by atoms with van der Waals surface area (Å²) < 4.78 is 2.10. The zero-order valence-electron chi connectivity index (χ0n) is 12.0. The monoisotopic (exact) mass is 272 g/mol. The molecule has 1 aliphatic heterocycles. The van der Waals surface area contributed by atoms with Gasteiger partial charge in [-0.3, -0.25) is 0 Å². The fourth-order valence-corrected chi connectivity index (χ4v) is 2.31. The molecule has 3 rings (SSSR count). The molecular formula is C14H20N6. The van der Waals surface area contributed by atoms with E-state index in [2.05, 4.69) is 57.0 Å². The van der Waals surface area contributed by atoms with Gasteiger partial charge in [0.15, 0.2) is 5.82 Å². The number of nitrogens with zero attached hydrogens (tertiary/aromatic N) is 5. The molecule has 106 valence electrons. The summed E-state index contributed by atoms with van der Waals surface area (Å²) in [6.07, 6.45) is 1.79. The van der Waals surface area contributed by atoms with Gasteiger partial charge in [-0.15, -0.1) is 10.2 Å². The highest BCUT2D eigenvalue weighted by Gasteiger charge is 2.18. The summed E-state index contributed by atoms with van der Waals surface area (Å²) in [6.45, 7) is 7.71. The van der Waals surface area contributed by atoms with E-state index in [0.717, 1.165) is 43.5 Å². The molecule has 0 saturated carbocycles. The minimum absolute atomic E-state index is 0.467. The highest BCUT2D eigenvalue weighted by atomic mass is 15.3. The van der Waals surface area contributed by atoms with Crippen LogP contribution in [0.15, 0.2) is 24.5 Å². The van der Waals surface area contributed by atoms with E-state index in [9.17, 15) is 0 Å².